The van der Waals surface area contributed by atoms with Gasteiger partial charge in [-0.05, 0) is 30.7 Å². The largest absolute Gasteiger partial charge is 0.481 e. The molecule has 1 aromatic heterocycles. The van der Waals surface area contributed by atoms with Gasteiger partial charge in [-0.2, -0.15) is 18.3 Å². The second-order valence-corrected chi connectivity index (χ2v) is 5.49. The number of nitrogens with zero attached hydrogens (tertiary/aromatic N) is 2. The molecule has 0 bridgehead atoms. The second kappa shape index (κ2) is 5.66. The first kappa shape index (κ1) is 16.0. The number of carbonyl (C=O) groups is 2. The molecule has 1 amide bonds. The molecule has 1 aliphatic rings. The van der Waals surface area contributed by atoms with Gasteiger partial charge in [-0.15, -0.1) is 0 Å². The van der Waals surface area contributed by atoms with E-state index in [1.54, 1.807) is 0 Å². The van der Waals surface area contributed by atoms with E-state index in [0.717, 1.165) is 12.1 Å². The molecule has 2 N–H and O–H groups in total. The summed E-state index contributed by atoms with van der Waals surface area (Å²) in [6.07, 6.45) is -1.33. The van der Waals surface area contributed by atoms with Gasteiger partial charge in [0.05, 0.1) is 41.2 Å². The fraction of sp³-hybridized carbons (Fsp3) is 0.267. The Labute approximate surface area is 133 Å². The number of rotatable bonds is 4. The van der Waals surface area contributed by atoms with Crippen LogP contribution in [0.2, 0.25) is 0 Å². The predicted molar refractivity (Wildman–Crippen MR) is 76.4 cm³/mol. The molecule has 9 heteroatoms. The first-order chi connectivity index (χ1) is 11.3. The zero-order valence-electron chi connectivity index (χ0n) is 12.1. The molecule has 1 aliphatic carbocycles. The molecule has 0 radical (unpaired) electrons. The first-order valence-corrected chi connectivity index (χ1v) is 7.01. The normalized spacial score (nSPS) is 19.8. The summed E-state index contributed by atoms with van der Waals surface area (Å²) in [5.41, 5.74) is -0.0188. The second-order valence-electron chi connectivity index (χ2n) is 5.49. The first-order valence-electron chi connectivity index (χ1n) is 7.01. The summed E-state index contributed by atoms with van der Waals surface area (Å²) >= 11 is 0. The summed E-state index contributed by atoms with van der Waals surface area (Å²) in [5.74, 6) is -2.63. The van der Waals surface area contributed by atoms with Crippen LogP contribution in [0.1, 0.15) is 12.0 Å². The van der Waals surface area contributed by atoms with E-state index in [0.29, 0.717) is 17.8 Å². The van der Waals surface area contributed by atoms with Gasteiger partial charge in [0.2, 0.25) is 5.91 Å². The smallest absolute Gasteiger partial charge is 0.416 e. The van der Waals surface area contributed by atoms with Crippen molar-refractivity contribution in [3.63, 3.8) is 0 Å². The van der Waals surface area contributed by atoms with Crippen molar-refractivity contribution in [3.8, 4) is 5.69 Å². The number of alkyl halides is 3. The third-order valence-corrected chi connectivity index (χ3v) is 3.75. The van der Waals surface area contributed by atoms with Gasteiger partial charge in [0, 0.05) is 0 Å². The van der Waals surface area contributed by atoms with Crippen molar-refractivity contribution in [2.75, 3.05) is 5.32 Å². The molecule has 1 heterocycles. The molecule has 1 aromatic carbocycles. The molecule has 3 rings (SSSR count). The quantitative estimate of drug-likeness (QED) is 0.897. The highest BCUT2D eigenvalue weighted by Crippen LogP contribution is 2.39. The molecule has 0 saturated heterocycles. The highest BCUT2D eigenvalue weighted by Gasteiger charge is 2.48. The van der Waals surface area contributed by atoms with Crippen molar-refractivity contribution in [2.24, 2.45) is 11.8 Å². The fourth-order valence-electron chi connectivity index (χ4n) is 2.32. The monoisotopic (exact) mass is 339 g/mol. The van der Waals surface area contributed by atoms with Crippen LogP contribution in [0.3, 0.4) is 0 Å². The van der Waals surface area contributed by atoms with Crippen LogP contribution in [0.5, 0.6) is 0 Å². The van der Waals surface area contributed by atoms with Gasteiger partial charge in [-0.25, -0.2) is 4.68 Å². The topological polar surface area (TPSA) is 84.2 Å². The molecule has 1 saturated carbocycles. The molecule has 0 aliphatic heterocycles. The number of anilines is 1. The van der Waals surface area contributed by atoms with Gasteiger partial charge in [-0.3, -0.25) is 9.59 Å². The minimum atomic E-state index is -4.41. The van der Waals surface area contributed by atoms with Crippen molar-refractivity contribution in [3.05, 3.63) is 42.2 Å². The van der Waals surface area contributed by atoms with Gasteiger partial charge < -0.3 is 10.4 Å². The lowest BCUT2D eigenvalue weighted by atomic mass is 10.2. The van der Waals surface area contributed by atoms with E-state index in [2.05, 4.69) is 10.4 Å². The summed E-state index contributed by atoms with van der Waals surface area (Å²) in [5, 5.41) is 15.3. The van der Waals surface area contributed by atoms with Crippen LogP contribution in [0.4, 0.5) is 18.9 Å². The number of hydrogen-bond acceptors (Lipinski definition) is 3. The van der Waals surface area contributed by atoms with Crippen molar-refractivity contribution >= 4 is 17.6 Å². The summed E-state index contributed by atoms with van der Waals surface area (Å²) in [6, 6.07) is 4.42. The van der Waals surface area contributed by atoms with Crippen LogP contribution in [0, 0.1) is 11.8 Å². The number of aliphatic carboxylic acids is 1. The molecular weight excluding hydrogens is 327 g/mol. The third kappa shape index (κ3) is 3.24. The molecule has 0 spiro atoms. The maximum atomic E-state index is 12.5. The zero-order valence-corrected chi connectivity index (χ0v) is 12.1. The van der Waals surface area contributed by atoms with E-state index in [9.17, 15) is 22.8 Å². The summed E-state index contributed by atoms with van der Waals surface area (Å²) in [7, 11) is 0. The predicted octanol–water partition coefficient (Wildman–Crippen LogP) is 2.55. The van der Waals surface area contributed by atoms with Crippen LogP contribution in [-0.2, 0) is 15.8 Å². The lowest BCUT2D eigenvalue weighted by Gasteiger charge is -2.07. The summed E-state index contributed by atoms with van der Waals surface area (Å²) in [4.78, 5) is 22.6. The molecule has 2 aromatic rings. The fourth-order valence-corrected chi connectivity index (χ4v) is 2.32. The molecule has 1 fully saturated rings. The number of aromatic nitrogens is 2. The number of carbonyl (C=O) groups excluding carboxylic acids is 1. The third-order valence-electron chi connectivity index (χ3n) is 3.75. The number of benzene rings is 1. The van der Waals surface area contributed by atoms with Crippen LogP contribution < -0.4 is 5.32 Å². The maximum Gasteiger partial charge on any atom is 0.416 e. The highest BCUT2D eigenvalue weighted by atomic mass is 19.4. The van der Waals surface area contributed by atoms with Crippen LogP contribution >= 0.6 is 0 Å². The Morgan fingerprint density at radius 3 is 2.42 bits per heavy atom. The van der Waals surface area contributed by atoms with Crippen molar-refractivity contribution in [1.29, 1.82) is 0 Å². The number of carboxylic acid groups (broad SMARTS) is 1. The number of halogens is 3. The van der Waals surface area contributed by atoms with Crippen molar-refractivity contribution < 1.29 is 27.9 Å². The lowest BCUT2D eigenvalue weighted by molar-refractivity contribution is -0.140. The molecule has 6 nitrogen and oxygen atoms in total. The van der Waals surface area contributed by atoms with Gasteiger partial charge in [0.25, 0.3) is 0 Å². The van der Waals surface area contributed by atoms with E-state index in [1.807, 2.05) is 0 Å². The Balaban J connectivity index is 1.67. The van der Waals surface area contributed by atoms with Crippen LogP contribution in [0.15, 0.2) is 36.7 Å². The standard InChI is InChI=1S/C15H12F3N3O3/c16-15(17,18)8-1-3-10(4-2-8)21-7-9(6-19-21)20-13(22)11-5-12(11)14(23)24/h1-4,6-7,11-12H,5H2,(H,20,22)(H,23,24)/t11-,12-/m1/s1. The number of nitrogens with one attached hydrogen (secondary N) is 1. The Kier molecular flexibility index (Phi) is 3.78. The van der Waals surface area contributed by atoms with Gasteiger partial charge >= 0.3 is 12.1 Å². The van der Waals surface area contributed by atoms with Crippen LogP contribution in [-0.4, -0.2) is 26.8 Å². The van der Waals surface area contributed by atoms with E-state index < -0.39 is 35.5 Å². The molecule has 0 unspecified atom stereocenters. The zero-order chi connectivity index (χ0) is 17.5. The number of carboxylic acids is 1. The van der Waals surface area contributed by atoms with Gasteiger partial charge in [-0.1, -0.05) is 0 Å². The summed E-state index contributed by atoms with van der Waals surface area (Å²) in [6.45, 7) is 0. The minimum absolute atomic E-state index is 0.300. The maximum absolute atomic E-state index is 12.5. The van der Waals surface area contributed by atoms with Gasteiger partial charge in [0.15, 0.2) is 0 Å². The average Bonchev–Trinajstić information content (AvgIpc) is 3.20. The Bertz CT molecular complexity index is 783. The van der Waals surface area contributed by atoms with E-state index in [1.165, 1.54) is 29.2 Å². The van der Waals surface area contributed by atoms with Crippen LogP contribution in [0.25, 0.3) is 5.69 Å². The van der Waals surface area contributed by atoms with Gasteiger partial charge in [0.1, 0.15) is 0 Å². The molecule has 2 atom stereocenters. The number of amides is 1. The summed E-state index contributed by atoms with van der Waals surface area (Å²) < 4.78 is 38.9. The van der Waals surface area contributed by atoms with E-state index in [4.69, 9.17) is 5.11 Å². The van der Waals surface area contributed by atoms with Crippen molar-refractivity contribution in [2.45, 2.75) is 12.6 Å². The number of hydrogen-bond donors (Lipinski definition) is 2. The highest BCUT2D eigenvalue weighted by molar-refractivity contribution is 5.98. The Morgan fingerprint density at radius 2 is 1.88 bits per heavy atom. The van der Waals surface area contributed by atoms with E-state index >= 15 is 0 Å². The minimum Gasteiger partial charge on any atom is -0.481 e. The SMILES string of the molecule is O=C(O)[C@@H]1C[C@H]1C(=O)Nc1cnn(-c2ccc(C(F)(F)F)cc2)c1. The molecule has 24 heavy (non-hydrogen) atoms. The Hall–Kier alpha value is -2.84. The van der Waals surface area contributed by atoms with Crippen molar-refractivity contribution in [1.82, 2.24) is 9.78 Å². The lowest BCUT2D eigenvalue weighted by Crippen LogP contribution is -2.16. The Morgan fingerprint density at radius 1 is 1.21 bits per heavy atom. The molecular formula is C15H12F3N3O3. The molecule has 126 valence electrons. The average molecular weight is 339 g/mol. The van der Waals surface area contributed by atoms with E-state index in [-0.39, 0.29) is 0 Å².